The predicted octanol–water partition coefficient (Wildman–Crippen LogP) is 2.15. The summed E-state index contributed by atoms with van der Waals surface area (Å²) >= 11 is 0. The van der Waals surface area contributed by atoms with Crippen molar-refractivity contribution in [2.45, 2.75) is 44.8 Å². The Balaban J connectivity index is 4.02. The van der Waals surface area contributed by atoms with E-state index in [4.69, 9.17) is 5.26 Å². The zero-order valence-corrected chi connectivity index (χ0v) is 10.4. The summed E-state index contributed by atoms with van der Waals surface area (Å²) in [6.07, 6.45) is -3.70. The van der Waals surface area contributed by atoms with Gasteiger partial charge in [-0.1, -0.05) is 13.8 Å². The molecular weight excluding hydrogens is 249 g/mol. The first-order valence-electron chi connectivity index (χ1n) is 5.65. The fourth-order valence-corrected chi connectivity index (χ4v) is 1.29. The maximum atomic E-state index is 11.7. The molecule has 0 aromatic carbocycles. The molecule has 1 amide bonds. The van der Waals surface area contributed by atoms with E-state index in [9.17, 15) is 18.0 Å². The fraction of sp³-hybridized carbons (Fsp3) is 0.818. The first-order chi connectivity index (χ1) is 8.28. The topological polar surface area (TPSA) is 62.1 Å². The maximum Gasteiger partial charge on any atom is 0.411 e. The Morgan fingerprint density at radius 3 is 2.28 bits per heavy atom. The zero-order chi connectivity index (χ0) is 14.2. The molecule has 7 heteroatoms. The molecule has 0 aromatic heterocycles. The van der Waals surface area contributed by atoms with Gasteiger partial charge in [0.1, 0.15) is 12.1 Å². The molecule has 0 aromatic rings. The number of amides is 1. The van der Waals surface area contributed by atoms with Crippen LogP contribution in [-0.2, 0) is 9.53 Å². The summed E-state index contributed by atoms with van der Waals surface area (Å²) in [5.41, 5.74) is -0.943. The van der Waals surface area contributed by atoms with E-state index in [2.05, 4.69) is 10.1 Å². The van der Waals surface area contributed by atoms with Crippen molar-refractivity contribution in [3.63, 3.8) is 0 Å². The van der Waals surface area contributed by atoms with Crippen molar-refractivity contribution in [3.05, 3.63) is 0 Å². The Labute approximate surface area is 104 Å². The van der Waals surface area contributed by atoms with Gasteiger partial charge < -0.3 is 10.1 Å². The van der Waals surface area contributed by atoms with Crippen LogP contribution >= 0.6 is 0 Å². The van der Waals surface area contributed by atoms with Gasteiger partial charge in [0, 0.05) is 0 Å². The summed E-state index contributed by atoms with van der Waals surface area (Å²) in [5.74, 6) is -0.484. The highest BCUT2D eigenvalue weighted by molar-refractivity contribution is 5.77. The lowest BCUT2D eigenvalue weighted by molar-refractivity contribution is -0.174. The van der Waals surface area contributed by atoms with Crippen molar-refractivity contribution in [2.24, 2.45) is 0 Å². The van der Waals surface area contributed by atoms with Gasteiger partial charge in [-0.25, -0.2) is 0 Å². The lowest BCUT2D eigenvalue weighted by atomic mass is 9.94. The first-order valence-corrected chi connectivity index (χ1v) is 5.65. The summed E-state index contributed by atoms with van der Waals surface area (Å²) in [7, 11) is 0. The number of carbonyl (C=O) groups is 1. The van der Waals surface area contributed by atoms with Crippen molar-refractivity contribution >= 4 is 5.91 Å². The number of nitrogens with zero attached hydrogens (tertiary/aromatic N) is 1. The van der Waals surface area contributed by atoms with Crippen molar-refractivity contribution in [3.8, 4) is 6.07 Å². The maximum absolute atomic E-state index is 11.7. The van der Waals surface area contributed by atoms with Gasteiger partial charge in [0.2, 0.25) is 5.91 Å². The number of alkyl halides is 3. The van der Waals surface area contributed by atoms with Gasteiger partial charge in [0.15, 0.2) is 0 Å². The molecule has 0 heterocycles. The Morgan fingerprint density at radius 2 is 1.89 bits per heavy atom. The van der Waals surface area contributed by atoms with E-state index >= 15 is 0 Å². The molecule has 0 radical (unpaired) electrons. The molecule has 0 bridgehead atoms. The standard InChI is InChI=1S/C11H17F3N2O2/c1-3-10(4-2,7-15)16-9(17)5-6-18-8-11(12,13)14/h3-6,8H2,1-2H3,(H,16,17). The molecule has 0 aliphatic rings. The van der Waals surface area contributed by atoms with E-state index in [0.29, 0.717) is 12.8 Å². The van der Waals surface area contributed by atoms with Crippen molar-refractivity contribution < 1.29 is 22.7 Å². The monoisotopic (exact) mass is 266 g/mol. The Hall–Kier alpha value is -1.29. The van der Waals surface area contributed by atoms with Crippen LogP contribution in [-0.4, -0.2) is 30.8 Å². The third-order valence-corrected chi connectivity index (χ3v) is 2.54. The van der Waals surface area contributed by atoms with Crippen LogP contribution < -0.4 is 5.32 Å². The van der Waals surface area contributed by atoms with Crippen LogP contribution in [0.15, 0.2) is 0 Å². The van der Waals surface area contributed by atoms with Crippen molar-refractivity contribution in [2.75, 3.05) is 13.2 Å². The molecule has 0 atom stereocenters. The smallest absolute Gasteiger partial charge is 0.372 e. The van der Waals surface area contributed by atoms with Gasteiger partial charge in [-0.05, 0) is 12.8 Å². The molecule has 0 rings (SSSR count). The molecule has 4 nitrogen and oxygen atoms in total. The SMILES string of the molecule is CCC(C#N)(CC)NC(=O)CCOCC(F)(F)F. The van der Waals surface area contributed by atoms with E-state index in [1.54, 1.807) is 13.8 Å². The summed E-state index contributed by atoms with van der Waals surface area (Å²) in [6, 6.07) is 2.01. The summed E-state index contributed by atoms with van der Waals surface area (Å²) < 4.78 is 39.6. The highest BCUT2D eigenvalue weighted by Crippen LogP contribution is 2.15. The molecule has 0 spiro atoms. The molecule has 1 N–H and O–H groups in total. The number of nitriles is 1. The van der Waals surface area contributed by atoms with Gasteiger partial charge in [0.25, 0.3) is 0 Å². The second-order valence-electron chi connectivity index (χ2n) is 3.87. The van der Waals surface area contributed by atoms with Crippen LogP contribution in [0.1, 0.15) is 33.1 Å². The molecule has 0 fully saturated rings. The number of ether oxygens (including phenoxy) is 1. The molecule has 0 unspecified atom stereocenters. The molecule has 104 valence electrons. The van der Waals surface area contributed by atoms with E-state index < -0.39 is 24.2 Å². The minimum Gasteiger partial charge on any atom is -0.372 e. The summed E-state index contributed by atoms with van der Waals surface area (Å²) in [4.78, 5) is 11.4. The van der Waals surface area contributed by atoms with Crippen molar-refractivity contribution in [1.82, 2.24) is 5.32 Å². The number of hydrogen-bond donors (Lipinski definition) is 1. The summed E-state index contributed by atoms with van der Waals surface area (Å²) in [6.45, 7) is 1.83. The second kappa shape index (κ2) is 7.21. The van der Waals surface area contributed by atoms with Crippen molar-refractivity contribution in [1.29, 1.82) is 5.26 Å². The third-order valence-electron chi connectivity index (χ3n) is 2.54. The van der Waals surface area contributed by atoms with Crippen LogP contribution in [0.3, 0.4) is 0 Å². The largest absolute Gasteiger partial charge is 0.411 e. The Bertz CT molecular complexity index is 306. The number of carbonyl (C=O) groups excluding carboxylic acids is 1. The molecule has 0 aliphatic carbocycles. The molecule has 0 saturated heterocycles. The molecule has 0 aliphatic heterocycles. The Kier molecular flexibility index (Phi) is 6.70. The molecule has 0 saturated carbocycles. The number of halogens is 3. The number of nitrogens with one attached hydrogen (secondary N) is 1. The highest BCUT2D eigenvalue weighted by atomic mass is 19.4. The van der Waals surface area contributed by atoms with Gasteiger partial charge in [-0.3, -0.25) is 4.79 Å². The normalized spacial score (nSPS) is 12.0. The fourth-order valence-electron chi connectivity index (χ4n) is 1.29. The quantitative estimate of drug-likeness (QED) is 0.718. The van der Waals surface area contributed by atoms with Gasteiger partial charge >= 0.3 is 6.18 Å². The highest BCUT2D eigenvalue weighted by Gasteiger charge is 2.29. The molecular formula is C11H17F3N2O2. The van der Waals surface area contributed by atoms with E-state index in [1.807, 2.05) is 6.07 Å². The van der Waals surface area contributed by atoms with Gasteiger partial charge in [-0.15, -0.1) is 0 Å². The average Bonchev–Trinajstić information content (AvgIpc) is 2.31. The first kappa shape index (κ1) is 16.7. The summed E-state index contributed by atoms with van der Waals surface area (Å²) in [5, 5.41) is 11.5. The van der Waals surface area contributed by atoms with E-state index in [-0.39, 0.29) is 13.0 Å². The third kappa shape index (κ3) is 6.45. The lowest BCUT2D eigenvalue weighted by Crippen LogP contribution is -2.46. The Morgan fingerprint density at radius 1 is 1.33 bits per heavy atom. The van der Waals surface area contributed by atoms with E-state index in [0.717, 1.165) is 0 Å². The average molecular weight is 266 g/mol. The van der Waals surface area contributed by atoms with Crippen LogP contribution in [0.4, 0.5) is 13.2 Å². The van der Waals surface area contributed by atoms with Gasteiger partial charge in [-0.2, -0.15) is 18.4 Å². The predicted molar refractivity (Wildman–Crippen MR) is 58.6 cm³/mol. The van der Waals surface area contributed by atoms with Crippen LogP contribution in [0, 0.1) is 11.3 Å². The zero-order valence-electron chi connectivity index (χ0n) is 10.4. The number of rotatable bonds is 7. The van der Waals surface area contributed by atoms with Crippen LogP contribution in [0.5, 0.6) is 0 Å². The van der Waals surface area contributed by atoms with Gasteiger partial charge in [0.05, 0.1) is 19.1 Å². The van der Waals surface area contributed by atoms with Crippen LogP contribution in [0.25, 0.3) is 0 Å². The second-order valence-corrected chi connectivity index (χ2v) is 3.87. The van der Waals surface area contributed by atoms with Crippen LogP contribution in [0.2, 0.25) is 0 Å². The molecule has 18 heavy (non-hydrogen) atoms. The minimum atomic E-state index is -4.39. The van der Waals surface area contributed by atoms with E-state index in [1.165, 1.54) is 0 Å². The lowest BCUT2D eigenvalue weighted by Gasteiger charge is -2.24. The number of hydrogen-bond acceptors (Lipinski definition) is 3. The minimum absolute atomic E-state index is 0.195.